The minimum absolute atomic E-state index is 0.177. The minimum Gasteiger partial charge on any atom is -0.324 e. The van der Waals surface area contributed by atoms with Crippen LogP contribution < -0.4 is 10.5 Å². The van der Waals surface area contributed by atoms with Crippen molar-refractivity contribution in [2.75, 3.05) is 0 Å². The van der Waals surface area contributed by atoms with Gasteiger partial charge < -0.3 is 5.73 Å². The molecule has 3 N–H and O–H groups in total. The van der Waals surface area contributed by atoms with Gasteiger partial charge in [0.05, 0.1) is 4.90 Å². The Morgan fingerprint density at radius 1 is 1.33 bits per heavy atom. The lowest BCUT2D eigenvalue weighted by Gasteiger charge is -2.27. The summed E-state index contributed by atoms with van der Waals surface area (Å²) in [7, 11) is -3.46. The standard InChI is InChI=1S/C13H20N2O2S/c1-10-5-7-11(8-6-10)18(16,17)15-12-4-3-9-13(12,2)14/h5-8,12,15H,3-4,9,14H2,1-2H3/t12-,13+/m1/s1. The molecule has 2 rings (SSSR count). The van der Waals surface area contributed by atoms with E-state index in [4.69, 9.17) is 5.73 Å². The molecule has 0 aromatic heterocycles. The van der Waals surface area contributed by atoms with Crippen molar-refractivity contribution in [3.05, 3.63) is 29.8 Å². The maximum Gasteiger partial charge on any atom is 0.240 e. The van der Waals surface area contributed by atoms with Gasteiger partial charge in [0.15, 0.2) is 0 Å². The fourth-order valence-corrected chi connectivity index (χ4v) is 3.75. The molecule has 1 aliphatic rings. The summed E-state index contributed by atoms with van der Waals surface area (Å²) in [4.78, 5) is 0.302. The van der Waals surface area contributed by atoms with E-state index in [0.717, 1.165) is 24.8 Å². The number of hydrogen-bond acceptors (Lipinski definition) is 3. The highest BCUT2D eigenvalue weighted by Gasteiger charge is 2.37. The van der Waals surface area contributed by atoms with Crippen molar-refractivity contribution in [1.29, 1.82) is 0 Å². The summed E-state index contributed by atoms with van der Waals surface area (Å²) >= 11 is 0. The second-order valence-corrected chi connectivity index (χ2v) is 7.10. The number of sulfonamides is 1. The van der Waals surface area contributed by atoms with Crippen molar-refractivity contribution in [3.63, 3.8) is 0 Å². The molecule has 0 amide bonds. The van der Waals surface area contributed by atoms with Gasteiger partial charge in [0.25, 0.3) is 0 Å². The van der Waals surface area contributed by atoms with Crippen LogP contribution in [0.4, 0.5) is 0 Å². The summed E-state index contributed by atoms with van der Waals surface area (Å²) in [6.07, 6.45) is 2.63. The maximum absolute atomic E-state index is 12.2. The number of rotatable bonds is 3. The molecule has 0 aliphatic heterocycles. The topological polar surface area (TPSA) is 72.2 Å². The first-order chi connectivity index (χ1) is 8.31. The number of hydrogen-bond donors (Lipinski definition) is 2. The minimum atomic E-state index is -3.46. The fraction of sp³-hybridized carbons (Fsp3) is 0.538. The second kappa shape index (κ2) is 4.64. The monoisotopic (exact) mass is 268 g/mol. The van der Waals surface area contributed by atoms with Gasteiger partial charge in [-0.25, -0.2) is 13.1 Å². The van der Waals surface area contributed by atoms with Gasteiger partial charge in [0, 0.05) is 11.6 Å². The zero-order chi connectivity index (χ0) is 13.4. The van der Waals surface area contributed by atoms with Gasteiger partial charge in [0.2, 0.25) is 10.0 Å². The van der Waals surface area contributed by atoms with E-state index in [-0.39, 0.29) is 6.04 Å². The van der Waals surface area contributed by atoms with Crippen LogP contribution in [0.1, 0.15) is 31.7 Å². The highest BCUT2D eigenvalue weighted by Crippen LogP contribution is 2.28. The summed E-state index contributed by atoms with van der Waals surface area (Å²) in [6, 6.07) is 6.67. The highest BCUT2D eigenvalue weighted by atomic mass is 32.2. The van der Waals surface area contributed by atoms with Crippen molar-refractivity contribution >= 4 is 10.0 Å². The highest BCUT2D eigenvalue weighted by molar-refractivity contribution is 7.89. The van der Waals surface area contributed by atoms with Crippen LogP contribution in [0.5, 0.6) is 0 Å². The van der Waals surface area contributed by atoms with Crippen molar-refractivity contribution in [3.8, 4) is 0 Å². The summed E-state index contributed by atoms with van der Waals surface area (Å²) < 4.78 is 27.2. The molecule has 0 radical (unpaired) electrons. The summed E-state index contributed by atoms with van der Waals surface area (Å²) in [5.41, 5.74) is 6.70. The Bertz CT molecular complexity index is 520. The summed E-state index contributed by atoms with van der Waals surface area (Å²) in [6.45, 7) is 3.83. The number of benzene rings is 1. The van der Waals surface area contributed by atoms with E-state index in [2.05, 4.69) is 4.72 Å². The molecule has 2 atom stereocenters. The Morgan fingerprint density at radius 2 is 1.94 bits per heavy atom. The Hall–Kier alpha value is -0.910. The molecule has 1 aromatic carbocycles. The molecule has 0 saturated heterocycles. The SMILES string of the molecule is Cc1ccc(S(=O)(=O)N[C@@H]2CCC[C@]2(C)N)cc1. The quantitative estimate of drug-likeness (QED) is 0.873. The van der Waals surface area contributed by atoms with E-state index in [0.29, 0.717) is 4.90 Å². The van der Waals surface area contributed by atoms with Gasteiger partial charge in [-0.2, -0.15) is 0 Å². The number of nitrogens with two attached hydrogens (primary N) is 1. The summed E-state index contributed by atoms with van der Waals surface area (Å²) in [5.74, 6) is 0. The molecule has 0 bridgehead atoms. The Morgan fingerprint density at radius 3 is 2.44 bits per heavy atom. The lowest BCUT2D eigenvalue weighted by atomic mass is 9.98. The van der Waals surface area contributed by atoms with E-state index in [9.17, 15) is 8.42 Å². The van der Waals surface area contributed by atoms with E-state index < -0.39 is 15.6 Å². The van der Waals surface area contributed by atoms with Crippen LogP contribution in [0, 0.1) is 6.92 Å². The first kappa shape index (κ1) is 13.5. The zero-order valence-corrected chi connectivity index (χ0v) is 11.6. The van der Waals surface area contributed by atoms with Crippen LogP contribution in [0.3, 0.4) is 0 Å². The molecule has 5 heteroatoms. The van der Waals surface area contributed by atoms with Gasteiger partial charge in [-0.05, 0) is 45.2 Å². The Labute approximate surface area is 109 Å². The molecule has 1 fully saturated rings. The van der Waals surface area contributed by atoms with Gasteiger partial charge in [0.1, 0.15) is 0 Å². The molecule has 4 nitrogen and oxygen atoms in total. The van der Waals surface area contributed by atoms with Crippen LogP contribution in [0.15, 0.2) is 29.2 Å². The van der Waals surface area contributed by atoms with Crippen LogP contribution in [-0.4, -0.2) is 20.0 Å². The van der Waals surface area contributed by atoms with E-state index in [1.54, 1.807) is 24.3 Å². The van der Waals surface area contributed by atoms with Crippen LogP contribution >= 0.6 is 0 Å². The van der Waals surface area contributed by atoms with Crippen molar-refractivity contribution in [2.45, 2.75) is 49.6 Å². The normalized spacial score (nSPS) is 28.5. The van der Waals surface area contributed by atoms with E-state index >= 15 is 0 Å². The van der Waals surface area contributed by atoms with E-state index in [1.807, 2.05) is 13.8 Å². The van der Waals surface area contributed by atoms with Crippen LogP contribution in [0.25, 0.3) is 0 Å². The molecule has 0 spiro atoms. The average Bonchev–Trinajstić information content (AvgIpc) is 2.58. The van der Waals surface area contributed by atoms with Crippen LogP contribution in [-0.2, 0) is 10.0 Å². The number of nitrogens with one attached hydrogen (secondary N) is 1. The summed E-state index contributed by atoms with van der Waals surface area (Å²) in [5, 5.41) is 0. The number of aryl methyl sites for hydroxylation is 1. The third-order valence-electron chi connectivity index (χ3n) is 3.63. The lowest BCUT2D eigenvalue weighted by molar-refractivity contribution is 0.400. The van der Waals surface area contributed by atoms with Gasteiger partial charge in [-0.3, -0.25) is 0 Å². The third kappa shape index (κ3) is 2.74. The van der Waals surface area contributed by atoms with Crippen molar-refractivity contribution < 1.29 is 8.42 Å². The van der Waals surface area contributed by atoms with Gasteiger partial charge in [-0.15, -0.1) is 0 Å². The molecule has 1 aromatic rings. The largest absolute Gasteiger partial charge is 0.324 e. The molecule has 0 unspecified atom stereocenters. The predicted octanol–water partition coefficient (Wildman–Crippen LogP) is 1.54. The van der Waals surface area contributed by atoms with Gasteiger partial charge >= 0.3 is 0 Å². The molecule has 1 aliphatic carbocycles. The first-order valence-corrected chi connectivity index (χ1v) is 7.67. The first-order valence-electron chi connectivity index (χ1n) is 6.19. The third-order valence-corrected chi connectivity index (χ3v) is 5.12. The smallest absolute Gasteiger partial charge is 0.240 e. The molecule has 0 heterocycles. The van der Waals surface area contributed by atoms with Gasteiger partial charge in [-0.1, -0.05) is 17.7 Å². The van der Waals surface area contributed by atoms with Crippen LogP contribution in [0.2, 0.25) is 0 Å². The molecular formula is C13H20N2O2S. The van der Waals surface area contributed by atoms with Crippen molar-refractivity contribution in [1.82, 2.24) is 4.72 Å². The van der Waals surface area contributed by atoms with E-state index in [1.165, 1.54) is 0 Å². The zero-order valence-electron chi connectivity index (χ0n) is 10.8. The second-order valence-electron chi connectivity index (χ2n) is 5.38. The molecule has 100 valence electrons. The lowest BCUT2D eigenvalue weighted by Crippen LogP contribution is -2.52. The Kier molecular flexibility index (Phi) is 3.49. The fourth-order valence-electron chi connectivity index (χ4n) is 2.36. The van der Waals surface area contributed by atoms with Crippen molar-refractivity contribution in [2.24, 2.45) is 5.73 Å². The molecule has 1 saturated carbocycles. The predicted molar refractivity (Wildman–Crippen MR) is 71.7 cm³/mol. The maximum atomic E-state index is 12.2. The average molecular weight is 268 g/mol. The molecular weight excluding hydrogens is 248 g/mol. The Balaban J connectivity index is 2.20. The molecule has 18 heavy (non-hydrogen) atoms.